The molecular weight excluding hydrogens is 268 g/mol. The number of carbonyl (C=O) groups excluding carboxylic acids is 1. The molecular formula is C12H15ClN4O2. The third-order valence-electron chi connectivity index (χ3n) is 1.79. The number of amidine groups is 1. The van der Waals surface area contributed by atoms with Gasteiger partial charge in [-0.1, -0.05) is 0 Å². The number of ether oxygens (including phenoxy) is 1. The van der Waals surface area contributed by atoms with E-state index in [1.807, 2.05) is 6.07 Å². The summed E-state index contributed by atoms with van der Waals surface area (Å²) in [5.74, 6) is -0.124. The van der Waals surface area contributed by atoms with Gasteiger partial charge in [-0.2, -0.15) is 5.26 Å². The lowest BCUT2D eigenvalue weighted by Crippen LogP contribution is -2.36. The maximum absolute atomic E-state index is 11.4. The van der Waals surface area contributed by atoms with Gasteiger partial charge >= 0.3 is 6.09 Å². The van der Waals surface area contributed by atoms with E-state index in [0.717, 1.165) is 0 Å². The predicted molar refractivity (Wildman–Crippen MR) is 72.4 cm³/mol. The minimum Gasteiger partial charge on any atom is -0.444 e. The number of pyridine rings is 1. The minimum atomic E-state index is -0.697. The number of nitrogens with zero attached hydrogens (tertiary/aromatic N) is 2. The number of nitrogens with one attached hydrogen (secondary N) is 2. The molecule has 0 unspecified atom stereocenters. The number of rotatable bonds is 1. The highest BCUT2D eigenvalue weighted by Crippen LogP contribution is 2.07. The van der Waals surface area contributed by atoms with Crippen molar-refractivity contribution in [2.45, 2.75) is 26.4 Å². The van der Waals surface area contributed by atoms with E-state index < -0.39 is 11.7 Å². The number of alkyl carbamates (subject to hydrolysis) is 1. The van der Waals surface area contributed by atoms with Crippen molar-refractivity contribution in [2.24, 2.45) is 0 Å². The largest absolute Gasteiger partial charge is 0.444 e. The summed E-state index contributed by atoms with van der Waals surface area (Å²) >= 11 is 0. The SMILES string of the molecule is CC(C)(C)OC(=O)NC(=N)c1ccc(C#N)nc1.Cl. The van der Waals surface area contributed by atoms with E-state index in [0.29, 0.717) is 5.56 Å². The molecule has 0 aliphatic heterocycles. The molecule has 1 heterocycles. The van der Waals surface area contributed by atoms with Crippen molar-refractivity contribution < 1.29 is 9.53 Å². The van der Waals surface area contributed by atoms with Crippen molar-refractivity contribution in [2.75, 3.05) is 0 Å². The molecule has 0 bridgehead atoms. The van der Waals surface area contributed by atoms with Crippen molar-refractivity contribution in [1.29, 1.82) is 10.7 Å². The molecule has 0 aliphatic carbocycles. The second kappa shape index (κ2) is 6.71. The summed E-state index contributed by atoms with van der Waals surface area (Å²) < 4.78 is 5.01. The average Bonchev–Trinajstić information content (AvgIpc) is 2.26. The summed E-state index contributed by atoms with van der Waals surface area (Å²) in [6.07, 6.45) is 0.648. The lowest BCUT2D eigenvalue weighted by Gasteiger charge is -2.19. The number of hydrogen-bond acceptors (Lipinski definition) is 5. The van der Waals surface area contributed by atoms with Crippen LogP contribution in [0.4, 0.5) is 4.79 Å². The fraction of sp³-hybridized carbons (Fsp3) is 0.333. The van der Waals surface area contributed by atoms with Crippen LogP contribution in [0.5, 0.6) is 0 Å². The van der Waals surface area contributed by atoms with Crippen molar-refractivity contribution in [1.82, 2.24) is 10.3 Å². The zero-order valence-corrected chi connectivity index (χ0v) is 11.7. The molecule has 0 spiro atoms. The molecule has 0 saturated heterocycles. The Bertz CT molecular complexity index is 500. The first-order valence-electron chi connectivity index (χ1n) is 5.27. The summed E-state index contributed by atoms with van der Waals surface area (Å²) in [5.41, 5.74) is 0.0384. The van der Waals surface area contributed by atoms with Gasteiger partial charge in [0.25, 0.3) is 0 Å². The number of carbonyl (C=O) groups is 1. The number of aromatic nitrogens is 1. The number of hydrogen-bond donors (Lipinski definition) is 2. The Morgan fingerprint density at radius 2 is 2.11 bits per heavy atom. The number of nitriles is 1. The molecule has 0 saturated carbocycles. The molecule has 2 N–H and O–H groups in total. The Hall–Kier alpha value is -2.13. The maximum Gasteiger partial charge on any atom is 0.413 e. The molecule has 1 aromatic heterocycles. The predicted octanol–water partition coefficient (Wildman–Crippen LogP) is 2.23. The van der Waals surface area contributed by atoms with Gasteiger partial charge in [0, 0.05) is 11.8 Å². The highest BCUT2D eigenvalue weighted by molar-refractivity contribution is 6.04. The second-order valence-corrected chi connectivity index (χ2v) is 4.55. The Morgan fingerprint density at radius 1 is 1.47 bits per heavy atom. The first kappa shape index (κ1) is 16.9. The Balaban J connectivity index is 0.00000324. The summed E-state index contributed by atoms with van der Waals surface area (Å²) in [4.78, 5) is 15.2. The minimum absolute atomic E-state index is 0. The van der Waals surface area contributed by atoms with Crippen LogP contribution < -0.4 is 5.32 Å². The first-order chi connectivity index (χ1) is 8.31. The quantitative estimate of drug-likeness (QED) is 0.609. The van der Waals surface area contributed by atoms with Crippen LogP contribution in [-0.4, -0.2) is 22.5 Å². The zero-order chi connectivity index (χ0) is 13.8. The average molecular weight is 283 g/mol. The standard InChI is InChI=1S/C12H14N4O2.ClH/c1-12(2,3)18-11(17)16-10(14)8-4-5-9(6-13)15-7-8;/h4-5,7H,1-3H3,(H2,14,16,17);1H. The van der Waals surface area contributed by atoms with Crippen molar-refractivity contribution in [3.8, 4) is 6.07 Å². The second-order valence-electron chi connectivity index (χ2n) is 4.55. The van der Waals surface area contributed by atoms with Gasteiger partial charge < -0.3 is 4.74 Å². The molecule has 102 valence electrons. The first-order valence-corrected chi connectivity index (χ1v) is 5.27. The van der Waals surface area contributed by atoms with E-state index in [1.165, 1.54) is 18.3 Å². The smallest absolute Gasteiger partial charge is 0.413 e. The van der Waals surface area contributed by atoms with Crippen molar-refractivity contribution >= 4 is 24.3 Å². The van der Waals surface area contributed by atoms with Gasteiger partial charge in [0.2, 0.25) is 0 Å². The third kappa shape index (κ3) is 5.84. The fourth-order valence-electron chi connectivity index (χ4n) is 1.09. The molecule has 0 radical (unpaired) electrons. The Morgan fingerprint density at radius 3 is 2.53 bits per heavy atom. The molecule has 1 rings (SSSR count). The van der Waals surface area contributed by atoms with E-state index in [2.05, 4.69) is 10.3 Å². The zero-order valence-electron chi connectivity index (χ0n) is 10.9. The van der Waals surface area contributed by atoms with Crippen molar-refractivity contribution in [3.63, 3.8) is 0 Å². The van der Waals surface area contributed by atoms with Gasteiger partial charge in [0.05, 0.1) is 0 Å². The van der Waals surface area contributed by atoms with E-state index in [1.54, 1.807) is 20.8 Å². The summed E-state index contributed by atoms with van der Waals surface area (Å²) in [6.45, 7) is 5.21. The fourth-order valence-corrected chi connectivity index (χ4v) is 1.09. The molecule has 6 nitrogen and oxygen atoms in total. The highest BCUT2D eigenvalue weighted by Gasteiger charge is 2.17. The molecule has 1 aromatic rings. The van der Waals surface area contributed by atoms with Crippen LogP contribution in [0.3, 0.4) is 0 Å². The van der Waals surface area contributed by atoms with E-state index in [4.69, 9.17) is 15.4 Å². The van der Waals surface area contributed by atoms with Gasteiger partial charge in [-0.3, -0.25) is 10.7 Å². The lowest BCUT2D eigenvalue weighted by molar-refractivity contribution is 0.0563. The third-order valence-corrected chi connectivity index (χ3v) is 1.79. The van der Waals surface area contributed by atoms with Crippen LogP contribution >= 0.6 is 12.4 Å². The normalized spacial score (nSPS) is 9.79. The summed E-state index contributed by atoms with van der Waals surface area (Å²) in [7, 11) is 0. The van der Waals surface area contributed by atoms with Crippen molar-refractivity contribution in [3.05, 3.63) is 29.6 Å². The van der Waals surface area contributed by atoms with Crippen LogP contribution in [0.15, 0.2) is 18.3 Å². The summed E-state index contributed by atoms with van der Waals surface area (Å²) in [5, 5.41) is 18.5. The lowest BCUT2D eigenvalue weighted by atomic mass is 10.2. The highest BCUT2D eigenvalue weighted by atomic mass is 35.5. The van der Waals surface area contributed by atoms with Gasteiger partial charge in [0.1, 0.15) is 23.2 Å². The van der Waals surface area contributed by atoms with Gasteiger partial charge in [-0.25, -0.2) is 9.78 Å². The maximum atomic E-state index is 11.4. The molecule has 7 heteroatoms. The monoisotopic (exact) mass is 282 g/mol. The van der Waals surface area contributed by atoms with E-state index >= 15 is 0 Å². The van der Waals surface area contributed by atoms with Gasteiger partial charge in [0.15, 0.2) is 0 Å². The number of amides is 1. The van der Waals surface area contributed by atoms with Crippen LogP contribution in [0.25, 0.3) is 0 Å². The molecule has 0 fully saturated rings. The molecule has 0 aromatic carbocycles. The molecule has 1 amide bonds. The van der Waals surface area contributed by atoms with E-state index in [9.17, 15) is 4.79 Å². The van der Waals surface area contributed by atoms with Crippen LogP contribution in [0.2, 0.25) is 0 Å². The van der Waals surface area contributed by atoms with Gasteiger partial charge in [-0.05, 0) is 32.9 Å². The molecule has 0 atom stereocenters. The summed E-state index contributed by atoms with van der Waals surface area (Å²) in [6, 6.07) is 4.88. The molecule has 19 heavy (non-hydrogen) atoms. The number of halogens is 1. The van der Waals surface area contributed by atoms with E-state index in [-0.39, 0.29) is 23.9 Å². The van der Waals surface area contributed by atoms with Crippen LogP contribution in [0.1, 0.15) is 32.0 Å². The Kier molecular flexibility index (Phi) is 5.96. The topological polar surface area (TPSA) is 98.9 Å². The molecule has 0 aliphatic rings. The van der Waals surface area contributed by atoms with Crippen LogP contribution in [-0.2, 0) is 4.74 Å². The van der Waals surface area contributed by atoms with Crippen LogP contribution in [0, 0.1) is 16.7 Å². The Labute approximate surface area is 117 Å². The van der Waals surface area contributed by atoms with Gasteiger partial charge in [-0.15, -0.1) is 12.4 Å².